The minimum absolute atomic E-state index is 0.392. The third-order valence-corrected chi connectivity index (χ3v) is 12.8. The Hall–Kier alpha value is -6.76. The van der Waals surface area contributed by atoms with E-state index in [1.807, 2.05) is 0 Å². The van der Waals surface area contributed by atoms with Crippen molar-refractivity contribution in [2.24, 2.45) is 0 Å². The van der Waals surface area contributed by atoms with Crippen LogP contribution in [0.3, 0.4) is 0 Å². The van der Waals surface area contributed by atoms with Gasteiger partial charge in [-0.2, -0.15) is 0 Å². The molecule has 3 aliphatic carbocycles. The number of fused-ring (bicyclic) bond motifs is 18. The van der Waals surface area contributed by atoms with Crippen LogP contribution in [0.4, 0.5) is 0 Å². The van der Waals surface area contributed by atoms with Gasteiger partial charge < -0.3 is 0 Å². The Morgan fingerprint density at radius 1 is 0.245 bits per heavy atom. The van der Waals surface area contributed by atoms with Gasteiger partial charge in [0.05, 0.1) is 5.41 Å². The van der Waals surface area contributed by atoms with Crippen LogP contribution in [0.1, 0.15) is 22.3 Å². The van der Waals surface area contributed by atoms with E-state index in [-0.39, 0.29) is 0 Å². The van der Waals surface area contributed by atoms with Crippen LogP contribution >= 0.6 is 0 Å². The Morgan fingerprint density at radius 2 is 0.755 bits per heavy atom. The topological polar surface area (TPSA) is 0 Å². The second-order valence-corrected chi connectivity index (χ2v) is 15.0. The van der Waals surface area contributed by atoms with Gasteiger partial charge in [0.25, 0.3) is 0 Å². The van der Waals surface area contributed by atoms with Gasteiger partial charge in [-0.25, -0.2) is 0 Å². The van der Waals surface area contributed by atoms with Gasteiger partial charge in [-0.1, -0.05) is 164 Å². The van der Waals surface area contributed by atoms with Crippen molar-refractivity contribution in [3.63, 3.8) is 0 Å². The molecule has 0 nitrogen and oxygen atoms in total. The molecule has 0 heteroatoms. The number of rotatable bonds is 1. The van der Waals surface area contributed by atoms with E-state index in [1.165, 1.54) is 121 Å². The highest BCUT2D eigenvalue weighted by Gasteiger charge is 2.52. The minimum atomic E-state index is -0.392. The van der Waals surface area contributed by atoms with E-state index in [9.17, 15) is 0 Å². The van der Waals surface area contributed by atoms with Crippen LogP contribution in [0.25, 0.3) is 98.7 Å². The average molecular weight is 667 g/mol. The lowest BCUT2D eigenvalue weighted by Crippen LogP contribution is -2.25. The van der Waals surface area contributed by atoms with Crippen LogP contribution in [0.15, 0.2) is 182 Å². The molecule has 1 spiro atoms. The molecule has 0 saturated carbocycles. The maximum absolute atomic E-state index is 2.60. The number of benzene rings is 10. The highest BCUT2D eigenvalue weighted by Crippen LogP contribution is 2.66. The lowest BCUT2D eigenvalue weighted by atomic mass is 9.70. The van der Waals surface area contributed by atoms with Crippen molar-refractivity contribution >= 4 is 43.1 Å². The zero-order valence-electron chi connectivity index (χ0n) is 28.8. The zero-order chi connectivity index (χ0) is 34.4. The lowest BCUT2D eigenvalue weighted by molar-refractivity contribution is 0.795. The van der Waals surface area contributed by atoms with Crippen LogP contribution < -0.4 is 0 Å². The van der Waals surface area contributed by atoms with E-state index >= 15 is 0 Å². The summed E-state index contributed by atoms with van der Waals surface area (Å²) in [5.74, 6) is 0. The van der Waals surface area contributed by atoms with Gasteiger partial charge in [0.15, 0.2) is 0 Å². The summed E-state index contributed by atoms with van der Waals surface area (Å²) in [6, 6.07) is 68.9. The third kappa shape index (κ3) is 3.25. The van der Waals surface area contributed by atoms with E-state index in [4.69, 9.17) is 0 Å². The molecular formula is C53H30. The summed E-state index contributed by atoms with van der Waals surface area (Å²) in [7, 11) is 0. The first-order valence-corrected chi connectivity index (χ1v) is 18.7. The van der Waals surface area contributed by atoms with Crippen molar-refractivity contribution in [3.05, 3.63) is 204 Å². The van der Waals surface area contributed by atoms with Gasteiger partial charge in [-0.15, -0.1) is 0 Å². The van der Waals surface area contributed by atoms with Crippen LogP contribution in [0, 0.1) is 0 Å². The van der Waals surface area contributed by atoms with Gasteiger partial charge in [-0.3, -0.25) is 0 Å². The minimum Gasteiger partial charge on any atom is -0.0619 e. The van der Waals surface area contributed by atoms with E-state index in [0.717, 1.165) is 0 Å². The van der Waals surface area contributed by atoms with Crippen LogP contribution in [0.2, 0.25) is 0 Å². The first-order valence-electron chi connectivity index (χ1n) is 18.7. The first kappa shape index (κ1) is 27.9. The maximum Gasteiger partial charge on any atom is 0.0725 e. The monoisotopic (exact) mass is 666 g/mol. The van der Waals surface area contributed by atoms with Gasteiger partial charge in [-0.05, 0) is 139 Å². The van der Waals surface area contributed by atoms with Crippen molar-refractivity contribution < 1.29 is 0 Å². The molecule has 0 N–H and O–H groups in total. The normalized spacial score (nSPS) is 13.8. The first-order chi connectivity index (χ1) is 26.3. The SMILES string of the molecule is c1ccc2c(c1)-c1ccccc1C21c2ccccc2-c2c1cc1c3c(cccc23)-c2c-1cc1ccccc1c2-c1cc2ccccc2c2ccccc12. The Morgan fingerprint density at radius 3 is 1.49 bits per heavy atom. The standard InChI is InChI=1S/C53H30/c1-3-16-33-31(14-1)28-42(36-19-6-5-18-35(33)36)51-34-17-4-2-15-32(34)29-43-44-30-48-50(40-23-13-24-41(49(40)44)52(43)51)39-22-9-12-27-47(39)53(48)45-25-10-7-20-37(45)38-21-8-11-26-46(38)53/h1-30H. The second kappa shape index (κ2) is 9.76. The van der Waals surface area contributed by atoms with Crippen molar-refractivity contribution in [1.29, 1.82) is 0 Å². The fourth-order valence-electron chi connectivity index (χ4n) is 10.9. The molecule has 0 saturated heterocycles. The van der Waals surface area contributed by atoms with Crippen molar-refractivity contribution in [2.45, 2.75) is 5.41 Å². The predicted molar refractivity (Wildman–Crippen MR) is 223 cm³/mol. The molecule has 3 aliphatic rings. The fraction of sp³-hybridized carbons (Fsp3) is 0.0189. The third-order valence-electron chi connectivity index (χ3n) is 12.8. The molecule has 0 bridgehead atoms. The molecule has 0 aliphatic heterocycles. The molecule has 0 heterocycles. The van der Waals surface area contributed by atoms with E-state index in [2.05, 4.69) is 182 Å². The lowest BCUT2D eigenvalue weighted by Gasteiger charge is -2.30. The van der Waals surface area contributed by atoms with Crippen LogP contribution in [0.5, 0.6) is 0 Å². The largest absolute Gasteiger partial charge is 0.0725 e. The second-order valence-electron chi connectivity index (χ2n) is 15.0. The van der Waals surface area contributed by atoms with Gasteiger partial charge in [0.1, 0.15) is 0 Å². The molecule has 0 fully saturated rings. The van der Waals surface area contributed by atoms with Gasteiger partial charge in [0, 0.05) is 0 Å². The maximum atomic E-state index is 2.60. The zero-order valence-corrected chi connectivity index (χ0v) is 28.8. The summed E-state index contributed by atoms with van der Waals surface area (Å²) in [5, 5.41) is 10.4. The van der Waals surface area contributed by atoms with Crippen LogP contribution in [-0.4, -0.2) is 0 Å². The highest BCUT2D eigenvalue weighted by atomic mass is 14.5. The molecule has 10 aromatic carbocycles. The van der Waals surface area contributed by atoms with Crippen molar-refractivity contribution in [2.75, 3.05) is 0 Å². The van der Waals surface area contributed by atoms with Crippen molar-refractivity contribution in [1.82, 2.24) is 0 Å². The molecule has 242 valence electrons. The summed E-state index contributed by atoms with van der Waals surface area (Å²) in [6.45, 7) is 0. The fourth-order valence-corrected chi connectivity index (χ4v) is 10.9. The molecule has 10 aromatic rings. The molecule has 0 amide bonds. The number of hydrogen-bond donors (Lipinski definition) is 0. The molecule has 53 heavy (non-hydrogen) atoms. The van der Waals surface area contributed by atoms with Crippen LogP contribution in [-0.2, 0) is 5.41 Å². The summed E-state index contributed by atoms with van der Waals surface area (Å²) >= 11 is 0. The molecular weight excluding hydrogens is 637 g/mol. The summed E-state index contributed by atoms with van der Waals surface area (Å²) in [4.78, 5) is 0. The quantitative estimate of drug-likeness (QED) is 0.153. The molecule has 13 rings (SSSR count). The molecule has 0 radical (unpaired) electrons. The Labute approximate surface area is 307 Å². The Kier molecular flexibility index (Phi) is 5.14. The van der Waals surface area contributed by atoms with Gasteiger partial charge >= 0.3 is 0 Å². The molecule has 0 aromatic heterocycles. The Bertz CT molecular complexity index is 3240. The van der Waals surface area contributed by atoms with E-state index in [1.54, 1.807) is 0 Å². The predicted octanol–water partition coefficient (Wildman–Crippen LogP) is 14.0. The smallest absolute Gasteiger partial charge is 0.0619 e. The van der Waals surface area contributed by atoms with E-state index in [0.29, 0.717) is 0 Å². The molecule has 0 atom stereocenters. The Balaban J connectivity index is 1.21. The number of hydrogen-bond acceptors (Lipinski definition) is 0. The summed E-state index contributed by atoms with van der Waals surface area (Å²) < 4.78 is 0. The van der Waals surface area contributed by atoms with Crippen molar-refractivity contribution in [3.8, 4) is 55.6 Å². The van der Waals surface area contributed by atoms with E-state index < -0.39 is 5.41 Å². The highest BCUT2D eigenvalue weighted by molar-refractivity contribution is 6.28. The van der Waals surface area contributed by atoms with Gasteiger partial charge in [0.2, 0.25) is 0 Å². The average Bonchev–Trinajstić information content (AvgIpc) is 3.82. The summed E-state index contributed by atoms with van der Waals surface area (Å²) in [5.41, 5.74) is 18.5. The molecule has 0 unspecified atom stereocenters. The summed E-state index contributed by atoms with van der Waals surface area (Å²) in [6.07, 6.45) is 0.